The van der Waals surface area contributed by atoms with Crippen LogP contribution in [0.4, 0.5) is 0 Å². The smallest absolute Gasteiger partial charge is 0.124 e. The van der Waals surface area contributed by atoms with Gasteiger partial charge in [0.2, 0.25) is 0 Å². The fourth-order valence-corrected chi connectivity index (χ4v) is 6.48. The highest BCUT2D eigenvalue weighted by molar-refractivity contribution is 5.78. The van der Waals surface area contributed by atoms with Crippen molar-refractivity contribution >= 4 is 0 Å². The highest BCUT2D eigenvalue weighted by Gasteiger charge is 2.51. The van der Waals surface area contributed by atoms with E-state index in [1.807, 2.05) is 6.07 Å². The molecule has 0 amide bonds. The first kappa shape index (κ1) is 22.4. The van der Waals surface area contributed by atoms with Crippen molar-refractivity contribution in [2.45, 2.75) is 83.5 Å². The molecule has 0 saturated heterocycles. The Morgan fingerprint density at radius 1 is 0.875 bits per heavy atom. The predicted octanol–water partition coefficient (Wildman–Crippen LogP) is 7.45. The van der Waals surface area contributed by atoms with Gasteiger partial charge in [0, 0.05) is 16.5 Å². The highest BCUT2D eigenvalue weighted by atomic mass is 16.5. The molecule has 0 aromatic heterocycles. The van der Waals surface area contributed by atoms with Crippen LogP contribution in [0.25, 0.3) is 11.1 Å². The van der Waals surface area contributed by atoms with Crippen LogP contribution in [0.15, 0.2) is 30.3 Å². The fourth-order valence-electron chi connectivity index (χ4n) is 6.48. The first-order valence-electron chi connectivity index (χ1n) is 12.2. The van der Waals surface area contributed by atoms with Crippen molar-refractivity contribution < 1.29 is 4.74 Å². The number of benzene rings is 2. The molecule has 2 aromatic carbocycles. The number of aryl methyl sites for hydroxylation is 1. The molecule has 3 saturated carbocycles. The molecule has 0 aliphatic heterocycles. The zero-order valence-corrected chi connectivity index (χ0v) is 19.8. The first-order valence-corrected chi connectivity index (χ1v) is 12.2. The van der Waals surface area contributed by atoms with Crippen molar-refractivity contribution in [1.82, 2.24) is 0 Å². The number of ether oxygens (including phenoxy) is 1. The average molecular weight is 427 g/mol. The minimum absolute atomic E-state index is 0.0407. The summed E-state index contributed by atoms with van der Waals surface area (Å²) >= 11 is 0. The molecule has 5 rings (SSSR count). The molecule has 0 N–H and O–H groups in total. The summed E-state index contributed by atoms with van der Waals surface area (Å²) in [7, 11) is 1.70. The molecule has 3 nitrogen and oxygen atoms in total. The van der Waals surface area contributed by atoms with E-state index in [0.29, 0.717) is 16.5 Å². The number of methoxy groups -OCH3 is 1. The van der Waals surface area contributed by atoms with Crippen LogP contribution in [0.2, 0.25) is 0 Å². The van der Waals surface area contributed by atoms with Gasteiger partial charge in [0.15, 0.2) is 0 Å². The lowest BCUT2D eigenvalue weighted by atomic mass is 9.50. The monoisotopic (exact) mass is 426 g/mol. The summed E-state index contributed by atoms with van der Waals surface area (Å²) in [6, 6.07) is 15.2. The maximum atomic E-state index is 10.3. The Balaban J connectivity index is 1.82. The molecule has 2 bridgehead atoms. The van der Waals surface area contributed by atoms with Crippen molar-refractivity contribution in [1.29, 1.82) is 10.5 Å². The van der Waals surface area contributed by atoms with Crippen LogP contribution < -0.4 is 4.74 Å². The third kappa shape index (κ3) is 3.69. The normalized spacial score (nSPS) is 24.0. The Labute approximate surface area is 193 Å². The zero-order valence-electron chi connectivity index (χ0n) is 19.8. The predicted molar refractivity (Wildman–Crippen MR) is 129 cm³/mol. The van der Waals surface area contributed by atoms with Gasteiger partial charge in [-0.15, -0.1) is 0 Å². The second-order valence-electron chi connectivity index (χ2n) is 9.95. The van der Waals surface area contributed by atoms with E-state index in [2.05, 4.69) is 50.3 Å². The molecular weight excluding hydrogens is 392 g/mol. The topological polar surface area (TPSA) is 56.8 Å². The molecule has 3 aliphatic carbocycles. The van der Waals surface area contributed by atoms with Crippen LogP contribution in [0.3, 0.4) is 0 Å². The van der Waals surface area contributed by atoms with Gasteiger partial charge >= 0.3 is 0 Å². The van der Waals surface area contributed by atoms with E-state index in [1.165, 1.54) is 37.7 Å². The van der Waals surface area contributed by atoms with E-state index >= 15 is 0 Å². The maximum absolute atomic E-state index is 10.3. The standard InChI is InChI=1S/C29H34N2O/c1-4-6-21-7-9-22(10-8-21)23-18-26(32-3)27(25(20-31)24(23)19-30)29-15-12-28(11-5-2,13-16-29)14-17-29/h7-10,18H,4-6,11-17H2,1-3H3. The Morgan fingerprint density at radius 2 is 1.50 bits per heavy atom. The molecule has 2 aromatic rings. The number of hydrogen-bond donors (Lipinski definition) is 0. The van der Waals surface area contributed by atoms with Gasteiger partial charge in [-0.05, 0) is 74.0 Å². The zero-order chi connectivity index (χ0) is 22.8. The summed E-state index contributed by atoms with van der Waals surface area (Å²) in [6.07, 6.45) is 11.6. The lowest BCUT2D eigenvalue weighted by molar-refractivity contribution is 0.0308. The lowest BCUT2D eigenvalue weighted by Crippen LogP contribution is -2.44. The van der Waals surface area contributed by atoms with Gasteiger partial charge in [0.1, 0.15) is 17.9 Å². The number of rotatable bonds is 7. The van der Waals surface area contributed by atoms with E-state index < -0.39 is 0 Å². The van der Waals surface area contributed by atoms with Crippen LogP contribution in [0.5, 0.6) is 5.75 Å². The Bertz CT molecular complexity index is 1040. The van der Waals surface area contributed by atoms with Gasteiger partial charge in [-0.3, -0.25) is 0 Å². The largest absolute Gasteiger partial charge is 0.496 e. The van der Waals surface area contributed by atoms with Gasteiger partial charge in [0.05, 0.1) is 18.2 Å². The van der Waals surface area contributed by atoms with E-state index in [4.69, 9.17) is 4.74 Å². The molecule has 166 valence electrons. The van der Waals surface area contributed by atoms with Crippen molar-refractivity contribution in [3.63, 3.8) is 0 Å². The van der Waals surface area contributed by atoms with E-state index in [1.54, 1.807) is 7.11 Å². The minimum atomic E-state index is -0.0407. The first-order chi connectivity index (χ1) is 15.5. The van der Waals surface area contributed by atoms with Gasteiger partial charge in [0.25, 0.3) is 0 Å². The van der Waals surface area contributed by atoms with Crippen molar-refractivity contribution in [3.05, 3.63) is 52.6 Å². The summed E-state index contributed by atoms with van der Waals surface area (Å²) < 4.78 is 5.92. The molecular formula is C29H34N2O. The minimum Gasteiger partial charge on any atom is -0.496 e. The van der Waals surface area contributed by atoms with Crippen molar-refractivity contribution in [3.8, 4) is 29.0 Å². The Kier molecular flexibility index (Phi) is 6.30. The number of nitrogens with zero attached hydrogens (tertiary/aromatic N) is 2. The van der Waals surface area contributed by atoms with Crippen LogP contribution in [0, 0.1) is 28.1 Å². The summed E-state index contributed by atoms with van der Waals surface area (Å²) in [5.41, 5.74) is 5.54. The molecule has 3 fully saturated rings. The van der Waals surface area contributed by atoms with E-state index in [-0.39, 0.29) is 5.41 Å². The second kappa shape index (κ2) is 8.99. The number of fused-ring (bicyclic) bond motifs is 3. The molecule has 3 aliphatic rings. The quantitative estimate of drug-likeness (QED) is 0.462. The number of hydrogen-bond acceptors (Lipinski definition) is 3. The summed E-state index contributed by atoms with van der Waals surface area (Å²) in [5.74, 6) is 0.776. The third-order valence-corrected chi connectivity index (χ3v) is 8.25. The maximum Gasteiger partial charge on any atom is 0.124 e. The molecule has 0 heterocycles. The Hall–Kier alpha value is -2.78. The number of nitriles is 2. The average Bonchev–Trinajstić information content (AvgIpc) is 2.84. The van der Waals surface area contributed by atoms with Gasteiger partial charge in [-0.1, -0.05) is 51.0 Å². The highest BCUT2D eigenvalue weighted by Crippen LogP contribution is 2.61. The molecule has 0 unspecified atom stereocenters. The van der Waals surface area contributed by atoms with Gasteiger partial charge in [-0.2, -0.15) is 10.5 Å². The van der Waals surface area contributed by atoms with Crippen molar-refractivity contribution in [2.75, 3.05) is 7.11 Å². The second-order valence-corrected chi connectivity index (χ2v) is 9.95. The summed E-state index contributed by atoms with van der Waals surface area (Å²) in [5, 5.41) is 20.4. The summed E-state index contributed by atoms with van der Waals surface area (Å²) in [4.78, 5) is 0. The van der Waals surface area contributed by atoms with Crippen molar-refractivity contribution in [2.24, 2.45) is 5.41 Å². The fraction of sp³-hybridized carbons (Fsp3) is 0.517. The van der Waals surface area contributed by atoms with Crippen LogP contribution in [0.1, 0.15) is 93.9 Å². The lowest BCUT2D eigenvalue weighted by Gasteiger charge is -2.54. The van der Waals surface area contributed by atoms with Crippen LogP contribution in [-0.4, -0.2) is 7.11 Å². The van der Waals surface area contributed by atoms with E-state index in [9.17, 15) is 10.5 Å². The third-order valence-electron chi connectivity index (χ3n) is 8.25. The van der Waals surface area contributed by atoms with Gasteiger partial charge in [-0.25, -0.2) is 0 Å². The van der Waals surface area contributed by atoms with Gasteiger partial charge < -0.3 is 4.74 Å². The molecule has 32 heavy (non-hydrogen) atoms. The summed E-state index contributed by atoms with van der Waals surface area (Å²) in [6.45, 7) is 4.46. The molecule has 0 radical (unpaired) electrons. The van der Waals surface area contributed by atoms with Crippen LogP contribution >= 0.6 is 0 Å². The van der Waals surface area contributed by atoms with E-state index in [0.717, 1.165) is 54.5 Å². The van der Waals surface area contributed by atoms with Crippen LogP contribution in [-0.2, 0) is 11.8 Å². The molecule has 0 atom stereocenters. The SMILES string of the molecule is CCCc1ccc(-c2cc(OC)c(C34CCC(CCC)(CC3)CC4)c(C#N)c2C#N)cc1. The Morgan fingerprint density at radius 3 is 2.00 bits per heavy atom. The molecule has 0 spiro atoms. The molecule has 3 heteroatoms.